The zero-order chi connectivity index (χ0) is 19.5. The molecule has 7 heteroatoms. The van der Waals surface area contributed by atoms with Crippen LogP contribution in [0.3, 0.4) is 0 Å². The average Bonchev–Trinajstić information content (AvgIpc) is 3.13. The van der Waals surface area contributed by atoms with Gasteiger partial charge in [0.2, 0.25) is 11.8 Å². The smallest absolute Gasteiger partial charge is 0.216 e. The molecule has 0 aromatic carbocycles. The molecule has 0 aliphatic carbocycles. The Hall–Kier alpha value is -3.35. The number of hydrogen-bond donors (Lipinski definition) is 1. The molecule has 0 aliphatic rings. The monoisotopic (exact) mass is 377 g/mol. The molecule has 142 valence electrons. The third-order valence-corrected chi connectivity index (χ3v) is 4.78. The lowest BCUT2D eigenvalue weighted by Crippen LogP contribution is -2.01. The highest BCUT2D eigenvalue weighted by atomic mass is 19.1. The molecule has 0 aliphatic heterocycles. The maximum Gasteiger partial charge on any atom is 0.216 e. The van der Waals surface area contributed by atoms with Crippen molar-refractivity contribution in [2.24, 2.45) is 0 Å². The van der Waals surface area contributed by atoms with Gasteiger partial charge in [0.1, 0.15) is 12.0 Å². The second-order valence-corrected chi connectivity index (χ2v) is 6.63. The van der Waals surface area contributed by atoms with Crippen LogP contribution in [0.1, 0.15) is 28.1 Å². The van der Waals surface area contributed by atoms with Crippen molar-refractivity contribution in [3.05, 3.63) is 77.0 Å². The summed E-state index contributed by atoms with van der Waals surface area (Å²) >= 11 is 0. The van der Waals surface area contributed by atoms with E-state index < -0.39 is 5.95 Å². The SMILES string of the molecule is COc1ccc(CCc2ccc(Cc3c[nH]c4ncnc(C)c34)c(F)n2)cn1. The van der Waals surface area contributed by atoms with Crippen molar-refractivity contribution < 1.29 is 9.13 Å². The average molecular weight is 377 g/mol. The van der Waals surface area contributed by atoms with E-state index in [9.17, 15) is 4.39 Å². The number of aryl methyl sites for hydroxylation is 3. The number of aromatic nitrogens is 5. The van der Waals surface area contributed by atoms with Crippen LogP contribution in [0, 0.1) is 12.9 Å². The molecule has 1 N–H and O–H groups in total. The first kappa shape index (κ1) is 18.0. The van der Waals surface area contributed by atoms with E-state index in [2.05, 4.69) is 24.9 Å². The summed E-state index contributed by atoms with van der Waals surface area (Å²) in [6, 6.07) is 7.47. The highest BCUT2D eigenvalue weighted by Crippen LogP contribution is 2.22. The fourth-order valence-corrected chi connectivity index (χ4v) is 3.26. The van der Waals surface area contributed by atoms with E-state index in [0.29, 0.717) is 24.3 Å². The second kappa shape index (κ2) is 7.72. The number of hydrogen-bond acceptors (Lipinski definition) is 5. The van der Waals surface area contributed by atoms with Crippen molar-refractivity contribution in [2.75, 3.05) is 7.11 Å². The molecule has 0 unspecified atom stereocenters. The molecule has 0 radical (unpaired) electrons. The summed E-state index contributed by atoms with van der Waals surface area (Å²) in [6.45, 7) is 1.92. The second-order valence-electron chi connectivity index (χ2n) is 6.63. The largest absolute Gasteiger partial charge is 0.481 e. The minimum absolute atomic E-state index is 0.436. The molecule has 0 spiro atoms. The van der Waals surface area contributed by atoms with E-state index in [1.807, 2.05) is 37.4 Å². The van der Waals surface area contributed by atoms with Crippen molar-refractivity contribution in [1.82, 2.24) is 24.9 Å². The Morgan fingerprint density at radius 1 is 1.04 bits per heavy atom. The van der Waals surface area contributed by atoms with Gasteiger partial charge >= 0.3 is 0 Å². The van der Waals surface area contributed by atoms with Gasteiger partial charge in [-0.2, -0.15) is 4.39 Å². The summed E-state index contributed by atoms with van der Waals surface area (Å²) in [4.78, 5) is 19.9. The zero-order valence-corrected chi connectivity index (χ0v) is 15.7. The normalized spacial score (nSPS) is 11.1. The number of nitrogens with one attached hydrogen (secondary N) is 1. The van der Waals surface area contributed by atoms with Crippen LogP contribution >= 0.6 is 0 Å². The summed E-state index contributed by atoms with van der Waals surface area (Å²) in [6.07, 6.45) is 6.97. The molecule has 4 heterocycles. The van der Waals surface area contributed by atoms with Gasteiger partial charge in [0.15, 0.2) is 0 Å². The van der Waals surface area contributed by atoms with Crippen molar-refractivity contribution in [1.29, 1.82) is 0 Å². The molecule has 4 aromatic heterocycles. The Kier molecular flexibility index (Phi) is 4.97. The molecule has 0 bridgehead atoms. The minimum Gasteiger partial charge on any atom is -0.481 e. The number of aromatic amines is 1. The van der Waals surface area contributed by atoms with Crippen molar-refractivity contribution in [3.8, 4) is 5.88 Å². The Balaban J connectivity index is 1.48. The van der Waals surface area contributed by atoms with Gasteiger partial charge in [-0.05, 0) is 37.0 Å². The lowest BCUT2D eigenvalue weighted by atomic mass is 10.0. The van der Waals surface area contributed by atoms with E-state index in [4.69, 9.17) is 4.74 Å². The van der Waals surface area contributed by atoms with Crippen LogP contribution in [-0.2, 0) is 19.3 Å². The van der Waals surface area contributed by atoms with Gasteiger partial charge in [0.25, 0.3) is 0 Å². The number of H-pyrrole nitrogens is 1. The van der Waals surface area contributed by atoms with Crippen LogP contribution < -0.4 is 4.74 Å². The van der Waals surface area contributed by atoms with E-state index in [1.165, 1.54) is 6.33 Å². The topological polar surface area (TPSA) is 76.6 Å². The molecule has 0 saturated carbocycles. The van der Waals surface area contributed by atoms with Crippen molar-refractivity contribution in [3.63, 3.8) is 0 Å². The number of pyridine rings is 2. The molecule has 28 heavy (non-hydrogen) atoms. The van der Waals surface area contributed by atoms with Gasteiger partial charge in [0, 0.05) is 41.5 Å². The summed E-state index contributed by atoms with van der Waals surface area (Å²) in [7, 11) is 1.58. The van der Waals surface area contributed by atoms with Crippen LogP contribution in [0.2, 0.25) is 0 Å². The third kappa shape index (κ3) is 3.69. The Labute approximate surface area is 161 Å². The van der Waals surface area contributed by atoms with E-state index >= 15 is 0 Å². The molecule has 0 amide bonds. The first-order chi connectivity index (χ1) is 13.6. The van der Waals surface area contributed by atoms with Crippen molar-refractivity contribution in [2.45, 2.75) is 26.2 Å². The van der Waals surface area contributed by atoms with Crippen LogP contribution in [-0.4, -0.2) is 32.0 Å². The predicted octanol–water partition coefficient (Wildman–Crippen LogP) is 3.58. The zero-order valence-electron chi connectivity index (χ0n) is 15.7. The molecule has 0 atom stereocenters. The molecule has 4 rings (SSSR count). The third-order valence-electron chi connectivity index (χ3n) is 4.78. The lowest BCUT2D eigenvalue weighted by molar-refractivity contribution is 0.397. The van der Waals surface area contributed by atoms with Gasteiger partial charge in [0.05, 0.1) is 12.8 Å². The van der Waals surface area contributed by atoms with Gasteiger partial charge < -0.3 is 9.72 Å². The number of nitrogens with zero attached hydrogens (tertiary/aromatic N) is 4. The Bertz CT molecular complexity index is 1110. The summed E-state index contributed by atoms with van der Waals surface area (Å²) in [5.74, 6) is 0.143. The first-order valence-electron chi connectivity index (χ1n) is 9.05. The van der Waals surface area contributed by atoms with Gasteiger partial charge in [-0.3, -0.25) is 0 Å². The molecular weight excluding hydrogens is 357 g/mol. The molecule has 4 aromatic rings. The Morgan fingerprint density at radius 2 is 1.93 bits per heavy atom. The highest BCUT2D eigenvalue weighted by molar-refractivity contribution is 5.82. The fourth-order valence-electron chi connectivity index (χ4n) is 3.26. The lowest BCUT2D eigenvalue weighted by Gasteiger charge is -2.06. The molecule has 0 fully saturated rings. The predicted molar refractivity (Wildman–Crippen MR) is 104 cm³/mol. The summed E-state index contributed by atoms with van der Waals surface area (Å²) in [5.41, 5.74) is 4.93. The van der Waals surface area contributed by atoms with Crippen LogP contribution in [0.15, 0.2) is 43.0 Å². The standard InChI is InChI=1S/C21H20FN5O/c1-13-19-16(11-24-21(19)26-12-25-13)9-15-5-7-17(27-20(15)22)6-3-14-4-8-18(28-2)23-10-14/h4-5,7-8,10-12H,3,6,9H2,1-2H3,(H,24,25,26). The Morgan fingerprint density at radius 3 is 2.68 bits per heavy atom. The van der Waals surface area contributed by atoms with Gasteiger partial charge in [-0.1, -0.05) is 12.1 Å². The fraction of sp³-hybridized carbons (Fsp3) is 0.238. The number of halogens is 1. The molecular formula is C21H20FN5O. The highest BCUT2D eigenvalue weighted by Gasteiger charge is 2.12. The quantitative estimate of drug-likeness (QED) is 0.520. The van der Waals surface area contributed by atoms with Crippen LogP contribution in [0.5, 0.6) is 5.88 Å². The summed E-state index contributed by atoms with van der Waals surface area (Å²) < 4.78 is 19.6. The minimum atomic E-state index is -0.436. The van der Waals surface area contributed by atoms with Crippen LogP contribution in [0.4, 0.5) is 4.39 Å². The van der Waals surface area contributed by atoms with Gasteiger partial charge in [-0.15, -0.1) is 0 Å². The number of ether oxygens (including phenoxy) is 1. The van der Waals surface area contributed by atoms with E-state index in [-0.39, 0.29) is 0 Å². The first-order valence-corrected chi connectivity index (χ1v) is 9.05. The van der Waals surface area contributed by atoms with Crippen LogP contribution in [0.25, 0.3) is 11.0 Å². The molecule has 6 nitrogen and oxygen atoms in total. The maximum atomic E-state index is 14.6. The number of rotatable bonds is 6. The van der Waals surface area contributed by atoms with E-state index in [0.717, 1.165) is 40.0 Å². The maximum absolute atomic E-state index is 14.6. The number of fused-ring (bicyclic) bond motifs is 1. The number of methoxy groups -OCH3 is 1. The molecule has 0 saturated heterocycles. The summed E-state index contributed by atoms with van der Waals surface area (Å²) in [5, 5.41) is 0.943. The van der Waals surface area contributed by atoms with E-state index in [1.54, 1.807) is 13.3 Å². The van der Waals surface area contributed by atoms with Gasteiger partial charge in [-0.25, -0.2) is 19.9 Å². The van der Waals surface area contributed by atoms with Crippen molar-refractivity contribution >= 4 is 11.0 Å².